The van der Waals surface area contributed by atoms with Crippen molar-refractivity contribution in [1.82, 2.24) is 9.13 Å². The van der Waals surface area contributed by atoms with E-state index in [9.17, 15) is 0 Å². The van der Waals surface area contributed by atoms with E-state index in [4.69, 9.17) is 0 Å². The van der Waals surface area contributed by atoms with Gasteiger partial charge < -0.3 is 9.13 Å². The molecule has 5 heteroatoms. The fourth-order valence-electron chi connectivity index (χ4n) is 22.8. The van der Waals surface area contributed by atoms with E-state index in [1.807, 2.05) is 34.0 Å². The first-order valence-corrected chi connectivity index (χ1v) is 50.8. The van der Waals surface area contributed by atoms with Crippen LogP contribution in [-0.4, -0.2) is 9.13 Å². The summed E-state index contributed by atoms with van der Waals surface area (Å²) in [4.78, 5) is 0. The summed E-state index contributed by atoms with van der Waals surface area (Å²) >= 11 is 5.73. The van der Waals surface area contributed by atoms with Gasteiger partial charge in [0, 0.05) is 99.0 Å². The highest BCUT2D eigenvalue weighted by Gasteiger charge is 2.27. The fourth-order valence-corrected chi connectivity index (χ4v) is 26.8. The molecule has 5 heterocycles. The summed E-state index contributed by atoms with van der Waals surface area (Å²) in [5, 5.41) is 22.7. The van der Waals surface area contributed by atoms with Gasteiger partial charge >= 0.3 is 0 Å². The Kier molecular flexibility index (Phi) is 19.6. The van der Waals surface area contributed by atoms with Crippen LogP contribution in [0.2, 0.25) is 0 Å². The average molecular weight is 1840 g/mol. The Balaban J connectivity index is 0.000000140. The third-order valence-corrected chi connectivity index (χ3v) is 33.0. The predicted molar refractivity (Wildman–Crippen MR) is 610 cm³/mol. The first-order chi connectivity index (χ1) is 70.0. The Morgan fingerprint density at radius 2 is 0.390 bits per heavy atom. The van der Waals surface area contributed by atoms with Crippen molar-refractivity contribution in [2.75, 3.05) is 0 Å². The molecule has 656 valence electrons. The molecule has 141 heavy (non-hydrogen) atoms. The van der Waals surface area contributed by atoms with Gasteiger partial charge in [0.2, 0.25) is 0 Å². The molecule has 0 aliphatic carbocycles. The number of fused-ring (bicyclic) bond motifs is 19. The van der Waals surface area contributed by atoms with E-state index in [2.05, 4.69) is 519 Å². The molecule has 0 saturated heterocycles. The SMILES string of the molecule is c1ccc(-c2c3ccccc3c(-c3ccccc3)c3cc(-n4c5ccc(-c6cccc7c6sc6c(-c8ccccc8)cccc67)cc5c5cc(-c6cccc7c6sc6c(-c8ccccc8)cccc67)ccc54)ccc23)cc1.c1ccc(-c2ccc3sc4c(-c5ccc6c(c5)c5ccccc5n6-c5ccc6c(-c7ccccc7)c7ccccc7c(-c7ccccc7)c6c5)cc(-c5ccccc5)cc4c3c2)cc1. The lowest BCUT2D eigenvalue weighted by Crippen LogP contribution is -1.96. The number of para-hydroxylation sites is 1. The van der Waals surface area contributed by atoms with Crippen molar-refractivity contribution in [3.05, 3.63) is 510 Å². The summed E-state index contributed by atoms with van der Waals surface area (Å²) in [6, 6.07) is 189. The molecule has 0 fully saturated rings. The van der Waals surface area contributed by atoms with E-state index in [-0.39, 0.29) is 0 Å². The van der Waals surface area contributed by atoms with E-state index in [0.29, 0.717) is 0 Å². The minimum Gasteiger partial charge on any atom is -0.309 e. The van der Waals surface area contributed by atoms with Gasteiger partial charge in [-0.1, -0.05) is 419 Å². The molecule has 0 spiro atoms. The molecule has 5 aromatic heterocycles. The predicted octanol–water partition coefficient (Wildman–Crippen LogP) is 39.6. The highest BCUT2D eigenvalue weighted by molar-refractivity contribution is 7.27. The Morgan fingerprint density at radius 3 is 0.780 bits per heavy atom. The van der Waals surface area contributed by atoms with Crippen LogP contribution in [0.3, 0.4) is 0 Å². The maximum atomic E-state index is 2.52. The molecule has 29 aromatic rings. The normalized spacial score (nSPS) is 11.8. The van der Waals surface area contributed by atoms with Crippen LogP contribution in [0, 0.1) is 0 Å². The summed E-state index contributed by atoms with van der Waals surface area (Å²) in [7, 11) is 0. The molecule has 0 saturated carbocycles. The number of benzene rings is 24. The lowest BCUT2D eigenvalue weighted by Gasteiger charge is -2.19. The van der Waals surface area contributed by atoms with Crippen molar-refractivity contribution >= 4 is 181 Å². The summed E-state index contributed by atoms with van der Waals surface area (Å²) in [6.07, 6.45) is 0. The van der Waals surface area contributed by atoms with Crippen LogP contribution in [-0.2, 0) is 0 Å². The van der Waals surface area contributed by atoms with E-state index < -0.39 is 0 Å². The van der Waals surface area contributed by atoms with Crippen LogP contribution in [0.25, 0.3) is 281 Å². The Bertz CT molecular complexity index is 9860. The lowest BCUT2D eigenvalue weighted by atomic mass is 9.86. The van der Waals surface area contributed by atoms with Crippen LogP contribution in [0.1, 0.15) is 0 Å². The van der Waals surface area contributed by atoms with Crippen molar-refractivity contribution in [2.24, 2.45) is 0 Å². The highest BCUT2D eigenvalue weighted by Crippen LogP contribution is 2.54. The third kappa shape index (κ3) is 13.6. The fraction of sp³-hybridized carbons (Fsp3) is 0. The van der Waals surface area contributed by atoms with Crippen LogP contribution in [0.4, 0.5) is 0 Å². The van der Waals surface area contributed by atoms with Crippen LogP contribution < -0.4 is 0 Å². The standard InChI is InChI=1S/C74H45NS2.C62H39NS/c1-5-19-46(20-6-1)53-29-15-33-60-62-35-17-31-55(73(62)76-71(53)60)50-37-41-67-64(43-50)65-44-51(56-32-18-36-63-61-34-16-30-54(72(61)77-74(56)63)47-21-7-2-8-22-47)38-42-68(65)75(67)52-39-40-59-66(45-52)70(49-25-11-4-12-26-49)58-28-14-13-27-57(58)69(59)48-23-9-3-10-24-48;1-5-17-40(18-6-1)44-30-34-59-54(35-44)56-38-46(41-19-7-2-8-20-41)37-52(62(56)64-59)45-29-33-58-53(36-45)48-25-15-16-28-57(48)63(58)47-31-32-51-55(39-47)61(43-23-11-4-12-24-43)50-27-14-13-26-49(50)60(51)42-21-9-3-10-22-42/h1-45H;1-39H. The maximum absolute atomic E-state index is 2.52. The van der Waals surface area contributed by atoms with Gasteiger partial charge in [-0.25, -0.2) is 0 Å². The molecule has 0 atom stereocenters. The molecule has 0 aliphatic rings. The first-order valence-electron chi connectivity index (χ1n) is 48.4. The smallest absolute Gasteiger partial charge is 0.0541 e. The number of rotatable bonds is 13. The molecular formula is C136H84N2S3. The molecule has 0 unspecified atom stereocenters. The quantitative estimate of drug-likeness (QED) is 0.102. The Morgan fingerprint density at radius 1 is 0.121 bits per heavy atom. The topological polar surface area (TPSA) is 9.86 Å². The van der Waals surface area contributed by atoms with Crippen molar-refractivity contribution in [3.8, 4) is 134 Å². The minimum atomic E-state index is 1.13. The molecule has 29 rings (SSSR count). The van der Waals surface area contributed by atoms with E-state index >= 15 is 0 Å². The van der Waals surface area contributed by atoms with Crippen molar-refractivity contribution in [3.63, 3.8) is 0 Å². The van der Waals surface area contributed by atoms with Crippen LogP contribution in [0.15, 0.2) is 510 Å². The number of nitrogens with zero attached hydrogens (tertiary/aromatic N) is 2. The zero-order valence-electron chi connectivity index (χ0n) is 76.6. The molecule has 0 bridgehead atoms. The lowest BCUT2D eigenvalue weighted by molar-refractivity contribution is 1.19. The largest absolute Gasteiger partial charge is 0.309 e. The summed E-state index contributed by atoms with van der Waals surface area (Å²) in [5.74, 6) is 0. The molecule has 0 N–H and O–H groups in total. The summed E-state index contributed by atoms with van der Waals surface area (Å²) in [6.45, 7) is 0. The van der Waals surface area contributed by atoms with Gasteiger partial charge in [-0.05, 0) is 251 Å². The van der Waals surface area contributed by atoms with Gasteiger partial charge in [-0.15, -0.1) is 34.0 Å². The first kappa shape index (κ1) is 81.9. The Labute approximate surface area is 827 Å². The molecular weight excluding hydrogens is 1760 g/mol. The zero-order valence-corrected chi connectivity index (χ0v) is 79.1. The van der Waals surface area contributed by atoms with Gasteiger partial charge in [0.25, 0.3) is 0 Å². The molecule has 0 amide bonds. The van der Waals surface area contributed by atoms with E-state index in [1.165, 1.54) is 270 Å². The zero-order chi connectivity index (χ0) is 92.7. The minimum absolute atomic E-state index is 1.13. The van der Waals surface area contributed by atoms with Crippen molar-refractivity contribution in [2.45, 2.75) is 0 Å². The average Bonchev–Trinajstić information content (AvgIpc) is 1.69. The maximum Gasteiger partial charge on any atom is 0.0541 e. The summed E-state index contributed by atoms with van der Waals surface area (Å²) < 4.78 is 12.9. The highest BCUT2D eigenvalue weighted by atomic mass is 32.1. The van der Waals surface area contributed by atoms with Crippen LogP contribution in [0.5, 0.6) is 0 Å². The molecule has 0 radical (unpaired) electrons. The van der Waals surface area contributed by atoms with Gasteiger partial charge in [0.15, 0.2) is 0 Å². The monoisotopic (exact) mass is 1840 g/mol. The van der Waals surface area contributed by atoms with E-state index in [0.717, 1.165) is 11.4 Å². The van der Waals surface area contributed by atoms with Gasteiger partial charge in [0.1, 0.15) is 0 Å². The summed E-state index contributed by atoms with van der Waals surface area (Å²) in [5.41, 5.74) is 34.3. The Hall–Kier alpha value is -17.4. The molecule has 2 nitrogen and oxygen atoms in total. The van der Waals surface area contributed by atoms with Crippen LogP contribution >= 0.6 is 34.0 Å². The second kappa shape index (κ2) is 33.8. The molecule has 24 aromatic carbocycles. The third-order valence-electron chi connectivity index (χ3n) is 29.2. The second-order valence-electron chi connectivity index (χ2n) is 37.0. The number of hydrogen-bond acceptors (Lipinski definition) is 3. The second-order valence-corrected chi connectivity index (χ2v) is 40.1. The number of hydrogen-bond donors (Lipinski definition) is 0. The number of thiophene rings is 3. The van der Waals surface area contributed by atoms with Gasteiger partial charge in [-0.3, -0.25) is 0 Å². The van der Waals surface area contributed by atoms with Crippen molar-refractivity contribution in [1.29, 1.82) is 0 Å². The van der Waals surface area contributed by atoms with Gasteiger partial charge in [0.05, 0.1) is 22.1 Å². The molecule has 0 aliphatic heterocycles. The van der Waals surface area contributed by atoms with E-state index in [1.54, 1.807) is 0 Å². The van der Waals surface area contributed by atoms with Crippen molar-refractivity contribution < 1.29 is 0 Å². The number of aromatic nitrogens is 2. The van der Waals surface area contributed by atoms with Gasteiger partial charge in [-0.2, -0.15) is 0 Å².